The van der Waals surface area contributed by atoms with Crippen LogP contribution in [-0.4, -0.2) is 51.6 Å². The molecule has 0 bridgehead atoms. The van der Waals surface area contributed by atoms with Crippen molar-refractivity contribution in [2.45, 2.75) is 31.0 Å². The lowest BCUT2D eigenvalue weighted by molar-refractivity contribution is -0.239. The van der Waals surface area contributed by atoms with Crippen LogP contribution in [0.2, 0.25) is 0 Å². The summed E-state index contributed by atoms with van der Waals surface area (Å²) in [7, 11) is 0. The average molecular weight is 164 g/mol. The van der Waals surface area contributed by atoms with Crippen LogP contribution in [-0.2, 0) is 4.74 Å². The Morgan fingerprint density at radius 3 is 2.45 bits per heavy atom. The summed E-state index contributed by atoms with van der Waals surface area (Å²) in [6, 6.07) is 0. The Balaban J connectivity index is 2.51. The summed E-state index contributed by atoms with van der Waals surface area (Å²) in [5.41, 5.74) is 0. The van der Waals surface area contributed by atoms with Gasteiger partial charge in [0, 0.05) is 6.42 Å². The van der Waals surface area contributed by atoms with Crippen molar-refractivity contribution in [1.29, 1.82) is 0 Å². The van der Waals surface area contributed by atoms with E-state index in [0.29, 0.717) is 0 Å². The Bertz CT molecular complexity index is 128. The van der Waals surface area contributed by atoms with Crippen molar-refractivity contribution in [1.82, 2.24) is 0 Å². The number of ether oxygens (including phenoxy) is 1. The second-order valence-electron chi connectivity index (χ2n) is 2.61. The maximum atomic E-state index is 9.11. The summed E-state index contributed by atoms with van der Waals surface area (Å²) in [6.07, 6.45) is -4.11. The van der Waals surface area contributed by atoms with Crippen molar-refractivity contribution in [2.75, 3.05) is 6.61 Å². The number of hydrogen-bond acceptors (Lipinski definition) is 5. The quantitative estimate of drug-likeness (QED) is 0.353. The van der Waals surface area contributed by atoms with E-state index < -0.39 is 31.2 Å². The van der Waals surface area contributed by atoms with Crippen LogP contribution in [0.4, 0.5) is 0 Å². The van der Waals surface area contributed by atoms with Gasteiger partial charge in [0.2, 0.25) is 0 Å². The largest absolute Gasteiger partial charge is 0.394 e. The van der Waals surface area contributed by atoms with E-state index in [2.05, 4.69) is 0 Å². The third-order valence-electron chi connectivity index (χ3n) is 1.73. The highest BCUT2D eigenvalue weighted by molar-refractivity contribution is 4.81. The van der Waals surface area contributed by atoms with Crippen molar-refractivity contribution in [3.8, 4) is 0 Å². The van der Waals surface area contributed by atoms with Crippen LogP contribution in [0.3, 0.4) is 0 Å². The molecule has 1 rings (SSSR count). The lowest BCUT2D eigenvalue weighted by Gasteiger charge is -2.33. The van der Waals surface area contributed by atoms with E-state index in [-0.39, 0.29) is 6.42 Å². The van der Waals surface area contributed by atoms with Gasteiger partial charge in [-0.3, -0.25) is 0 Å². The predicted octanol–water partition coefficient (Wildman–Crippen LogP) is -2.19. The highest BCUT2D eigenvalue weighted by Crippen LogP contribution is 2.18. The zero-order chi connectivity index (χ0) is 8.43. The molecular formula is C6H12O5. The second-order valence-corrected chi connectivity index (χ2v) is 2.61. The van der Waals surface area contributed by atoms with E-state index in [1.165, 1.54) is 0 Å². The molecule has 11 heavy (non-hydrogen) atoms. The van der Waals surface area contributed by atoms with E-state index in [1.807, 2.05) is 0 Å². The molecule has 4 atom stereocenters. The van der Waals surface area contributed by atoms with Gasteiger partial charge in [0.25, 0.3) is 0 Å². The van der Waals surface area contributed by atoms with Gasteiger partial charge in [0.05, 0.1) is 12.7 Å². The molecule has 0 aromatic heterocycles. The van der Waals surface area contributed by atoms with Crippen LogP contribution in [0.15, 0.2) is 0 Å². The molecule has 0 amide bonds. The van der Waals surface area contributed by atoms with E-state index in [9.17, 15) is 0 Å². The Morgan fingerprint density at radius 2 is 1.91 bits per heavy atom. The summed E-state index contributed by atoms with van der Waals surface area (Å²) >= 11 is 0. The van der Waals surface area contributed by atoms with Crippen LogP contribution >= 0.6 is 0 Å². The molecule has 0 spiro atoms. The third-order valence-corrected chi connectivity index (χ3v) is 1.73. The summed E-state index contributed by atoms with van der Waals surface area (Å²) < 4.78 is 4.71. The molecule has 1 fully saturated rings. The molecule has 1 aliphatic rings. The molecule has 1 heterocycles. The molecule has 0 saturated carbocycles. The first kappa shape index (κ1) is 8.89. The van der Waals surface area contributed by atoms with Crippen molar-refractivity contribution in [2.24, 2.45) is 0 Å². The van der Waals surface area contributed by atoms with Crippen LogP contribution in [0.25, 0.3) is 0 Å². The van der Waals surface area contributed by atoms with Gasteiger partial charge in [0.1, 0.15) is 12.2 Å². The molecule has 5 nitrogen and oxygen atoms in total. The van der Waals surface area contributed by atoms with Crippen molar-refractivity contribution in [3.05, 3.63) is 0 Å². The average Bonchev–Trinajstić information content (AvgIpc) is 1.96. The van der Waals surface area contributed by atoms with Gasteiger partial charge in [0.15, 0.2) is 6.29 Å². The minimum atomic E-state index is -1.11. The second kappa shape index (κ2) is 3.46. The molecule has 4 N–H and O–H groups in total. The molecule has 1 aliphatic heterocycles. The lowest BCUT2D eigenvalue weighted by Crippen LogP contribution is -2.49. The maximum absolute atomic E-state index is 9.11. The Morgan fingerprint density at radius 1 is 1.27 bits per heavy atom. The number of hydrogen-bond donors (Lipinski definition) is 4. The van der Waals surface area contributed by atoms with Crippen LogP contribution < -0.4 is 0 Å². The molecule has 0 aromatic rings. The summed E-state index contributed by atoms with van der Waals surface area (Å²) in [5, 5.41) is 35.6. The number of rotatable bonds is 1. The smallest absolute Gasteiger partial charge is 0.157 e. The lowest BCUT2D eigenvalue weighted by atomic mass is 10.0. The first-order chi connectivity index (χ1) is 5.15. The van der Waals surface area contributed by atoms with E-state index in [1.54, 1.807) is 0 Å². The summed E-state index contributed by atoms with van der Waals surface area (Å²) in [4.78, 5) is 0. The molecule has 1 unspecified atom stereocenters. The van der Waals surface area contributed by atoms with Gasteiger partial charge >= 0.3 is 0 Å². The fraction of sp³-hybridized carbons (Fsp3) is 1.00. The number of aliphatic hydroxyl groups excluding tert-OH is 4. The van der Waals surface area contributed by atoms with Gasteiger partial charge in [-0.25, -0.2) is 0 Å². The molecule has 1 saturated heterocycles. The highest BCUT2D eigenvalue weighted by Gasteiger charge is 2.35. The maximum Gasteiger partial charge on any atom is 0.157 e. The monoisotopic (exact) mass is 164 g/mol. The van der Waals surface area contributed by atoms with E-state index in [4.69, 9.17) is 25.2 Å². The third kappa shape index (κ3) is 1.88. The predicted molar refractivity (Wildman–Crippen MR) is 34.6 cm³/mol. The first-order valence-corrected chi connectivity index (χ1v) is 3.45. The Hall–Kier alpha value is -0.200. The van der Waals surface area contributed by atoms with Crippen LogP contribution in [0.5, 0.6) is 0 Å². The fourth-order valence-corrected chi connectivity index (χ4v) is 1.08. The minimum absolute atomic E-state index is 0.0162. The molecule has 66 valence electrons. The van der Waals surface area contributed by atoms with E-state index >= 15 is 0 Å². The van der Waals surface area contributed by atoms with Gasteiger partial charge in [-0.15, -0.1) is 0 Å². The zero-order valence-corrected chi connectivity index (χ0v) is 5.92. The highest BCUT2D eigenvalue weighted by atomic mass is 16.6. The van der Waals surface area contributed by atoms with E-state index in [0.717, 1.165) is 0 Å². The molecule has 0 aliphatic carbocycles. The minimum Gasteiger partial charge on any atom is -0.394 e. The first-order valence-electron chi connectivity index (χ1n) is 3.45. The molecule has 5 heteroatoms. The molecule has 0 aromatic carbocycles. The Kier molecular flexibility index (Phi) is 2.80. The van der Waals surface area contributed by atoms with Crippen molar-refractivity contribution >= 4 is 0 Å². The topological polar surface area (TPSA) is 90.2 Å². The molecular weight excluding hydrogens is 152 g/mol. The summed E-state index contributed by atoms with van der Waals surface area (Å²) in [6.45, 7) is -0.407. The summed E-state index contributed by atoms with van der Waals surface area (Å²) in [5.74, 6) is 0. The fourth-order valence-electron chi connectivity index (χ4n) is 1.08. The van der Waals surface area contributed by atoms with Crippen LogP contribution in [0.1, 0.15) is 6.42 Å². The molecule has 0 radical (unpaired) electrons. The number of aliphatic hydroxyl groups is 4. The Labute approximate surface area is 63.8 Å². The van der Waals surface area contributed by atoms with Crippen molar-refractivity contribution in [3.63, 3.8) is 0 Å². The van der Waals surface area contributed by atoms with Crippen molar-refractivity contribution < 1.29 is 25.2 Å². The van der Waals surface area contributed by atoms with Gasteiger partial charge < -0.3 is 25.2 Å². The van der Waals surface area contributed by atoms with Crippen LogP contribution in [0, 0.1) is 0 Å². The normalized spacial score (nSPS) is 45.8. The standard InChI is InChI=1S/C6H12O5/c7-2-4-6(10)3(8)1-5(9)11-4/h3-10H,1-2H2/t3-,4-,5?,6-/m0/s1. The SMILES string of the molecule is OC[C@@H]1OC(O)C[C@H](O)[C@@H]1O. The zero-order valence-electron chi connectivity index (χ0n) is 5.92. The van der Waals surface area contributed by atoms with Gasteiger partial charge in [-0.05, 0) is 0 Å². The van der Waals surface area contributed by atoms with Gasteiger partial charge in [-0.2, -0.15) is 0 Å². The van der Waals surface area contributed by atoms with Gasteiger partial charge in [-0.1, -0.05) is 0 Å².